The molecule has 0 aliphatic carbocycles. The highest BCUT2D eigenvalue weighted by molar-refractivity contribution is 7.57. The van der Waals surface area contributed by atoms with Crippen molar-refractivity contribution in [3.8, 4) is 23.0 Å². The molecule has 25 nitrogen and oxygen atoms in total. The predicted molar refractivity (Wildman–Crippen MR) is 273 cm³/mol. The Labute approximate surface area is 423 Å². The number of rotatable bonds is 22. The number of methoxy groups -OCH3 is 2. The van der Waals surface area contributed by atoms with Gasteiger partial charge in [0.05, 0.1) is 64.4 Å². The van der Waals surface area contributed by atoms with Gasteiger partial charge in [0.25, 0.3) is 0 Å². The van der Waals surface area contributed by atoms with Crippen LogP contribution in [0.3, 0.4) is 0 Å². The molecule has 73 heavy (non-hydrogen) atoms. The molecule has 4 atom stereocenters. The van der Waals surface area contributed by atoms with Crippen LogP contribution in [0.15, 0.2) is 73.8 Å². The number of hydrogen-bond donors (Lipinski definition) is 5. The molecule has 6 rings (SSSR count). The first-order valence-corrected chi connectivity index (χ1v) is 26.4. The standard InChI is InChI=1S/C23H33N6O6P.C16H20N5O5P.C7H15NO2/c1-15(2)34-22(30)23(4,5)28-36(31,35-18-9-7-17(32-6)8-10-18)14-33-16(3)11-29-13-27-19-20(24)25-12-26-21(19)29;1-11(7-21-9-20-14-15(17)18-8-19-16(14)21)25-10-27(22,23)26-13-5-3-12(24-2)4-6-13;1-5(2)10-6(9)7(3,4)8/h7-10,12-13,15-16H,11,14H2,1-6H3,(H,28,31)(H2,24,25,26);3-6,8-9,11H,7,10H2,1-2H3,(H,22,23)(H2,17,18,19);5H,8H2,1-4H3/t16-,36?;11-;/m11./s1. The minimum Gasteiger partial charge on any atom is -0.497 e. The normalized spacial score (nSPS) is 14.1. The number of carbonyl (C=O) groups excluding carboxylic acids is 2. The molecule has 2 aromatic carbocycles. The minimum absolute atomic E-state index is 0.0877. The molecule has 4 aromatic heterocycles. The summed E-state index contributed by atoms with van der Waals surface area (Å²) in [6.45, 7) is 17.8. The zero-order valence-corrected chi connectivity index (χ0v) is 44.9. The van der Waals surface area contributed by atoms with Crippen molar-refractivity contribution in [2.45, 2.75) is 118 Å². The van der Waals surface area contributed by atoms with Gasteiger partial charge >= 0.3 is 27.1 Å². The molecule has 6 aromatic rings. The van der Waals surface area contributed by atoms with Crippen molar-refractivity contribution in [1.29, 1.82) is 0 Å². The Hall–Kier alpha value is -6.46. The van der Waals surface area contributed by atoms with Crippen molar-refractivity contribution in [3.63, 3.8) is 0 Å². The molecule has 0 aliphatic heterocycles. The highest BCUT2D eigenvalue weighted by atomic mass is 31.2. The van der Waals surface area contributed by atoms with Crippen LogP contribution >= 0.6 is 15.1 Å². The number of anilines is 2. The summed E-state index contributed by atoms with van der Waals surface area (Å²) < 4.78 is 72.5. The summed E-state index contributed by atoms with van der Waals surface area (Å²) in [7, 11) is -4.66. The summed E-state index contributed by atoms with van der Waals surface area (Å²) in [4.78, 5) is 58.2. The zero-order valence-electron chi connectivity index (χ0n) is 43.1. The van der Waals surface area contributed by atoms with E-state index in [1.807, 2.05) is 6.92 Å². The molecule has 0 amide bonds. The summed E-state index contributed by atoms with van der Waals surface area (Å²) >= 11 is 0. The number of nitrogens with one attached hydrogen (secondary N) is 1. The first-order valence-electron chi connectivity index (χ1n) is 22.8. The van der Waals surface area contributed by atoms with Crippen LogP contribution in [-0.2, 0) is 50.8 Å². The van der Waals surface area contributed by atoms with Gasteiger partial charge in [0.1, 0.15) is 64.1 Å². The fraction of sp³-hybridized carbons (Fsp3) is 0.478. The highest BCUT2D eigenvalue weighted by Crippen LogP contribution is 2.46. The van der Waals surface area contributed by atoms with E-state index in [4.69, 9.17) is 54.7 Å². The van der Waals surface area contributed by atoms with Crippen LogP contribution in [0.2, 0.25) is 0 Å². The monoisotopic (exact) mass is 1060 g/mol. The quantitative estimate of drug-likeness (QED) is 0.0379. The van der Waals surface area contributed by atoms with Crippen molar-refractivity contribution >= 4 is 61.0 Å². The lowest BCUT2D eigenvalue weighted by Crippen LogP contribution is -2.48. The number of nitrogens with zero attached hydrogens (tertiary/aromatic N) is 8. The molecule has 4 heterocycles. The maximum absolute atomic E-state index is 14.0. The number of fused-ring (bicyclic) bond motifs is 2. The van der Waals surface area contributed by atoms with Crippen molar-refractivity contribution in [1.82, 2.24) is 44.1 Å². The van der Waals surface area contributed by atoms with Gasteiger partial charge in [-0.3, -0.25) is 14.2 Å². The number of nitrogen functional groups attached to an aromatic ring is 2. The van der Waals surface area contributed by atoms with E-state index in [2.05, 4.69) is 35.0 Å². The van der Waals surface area contributed by atoms with Gasteiger partial charge < -0.3 is 68.7 Å². The van der Waals surface area contributed by atoms with Gasteiger partial charge in [-0.15, -0.1) is 0 Å². The Bertz CT molecular complexity index is 2820. The molecule has 8 N–H and O–H groups in total. The zero-order chi connectivity index (χ0) is 54.3. The molecule has 0 aliphatic rings. The Balaban J connectivity index is 0.000000274. The van der Waals surface area contributed by atoms with Crippen molar-refractivity contribution < 1.29 is 61.1 Å². The van der Waals surface area contributed by atoms with Gasteiger partial charge in [-0.2, -0.15) is 0 Å². The first kappa shape index (κ1) is 59.1. The van der Waals surface area contributed by atoms with Crippen LogP contribution in [0.1, 0.15) is 69.2 Å². The van der Waals surface area contributed by atoms with Gasteiger partial charge in [-0.05, 0) is 118 Å². The fourth-order valence-electron chi connectivity index (χ4n) is 6.09. The van der Waals surface area contributed by atoms with E-state index in [1.165, 1.54) is 19.8 Å². The lowest BCUT2D eigenvalue weighted by Gasteiger charge is -2.31. The number of imidazole rings is 2. The van der Waals surface area contributed by atoms with Gasteiger partial charge in [-0.25, -0.2) is 39.6 Å². The minimum atomic E-state index is -3.97. The molecule has 0 saturated heterocycles. The third-order valence-corrected chi connectivity index (χ3v) is 12.5. The molecule has 0 bridgehead atoms. The third-order valence-electron chi connectivity index (χ3n) is 9.61. The maximum atomic E-state index is 14.0. The van der Waals surface area contributed by atoms with Crippen LogP contribution < -0.4 is 40.8 Å². The smallest absolute Gasteiger partial charge is 0.402 e. The second-order valence-corrected chi connectivity index (χ2v) is 21.8. The number of ether oxygens (including phenoxy) is 6. The number of benzene rings is 2. The van der Waals surface area contributed by atoms with Crippen molar-refractivity contribution in [3.05, 3.63) is 73.8 Å². The number of carbonyl (C=O) groups is 2. The topological polar surface area (TPSA) is 340 Å². The summed E-state index contributed by atoms with van der Waals surface area (Å²) in [5, 5.41) is 2.85. The second-order valence-electron chi connectivity index (χ2n) is 18.1. The Morgan fingerprint density at radius 1 is 0.630 bits per heavy atom. The van der Waals surface area contributed by atoms with Crippen LogP contribution in [0.25, 0.3) is 22.3 Å². The van der Waals surface area contributed by atoms with E-state index < -0.39 is 50.7 Å². The molecule has 2 unspecified atom stereocenters. The molecule has 27 heteroatoms. The predicted octanol–water partition coefficient (Wildman–Crippen LogP) is 6.09. The van der Waals surface area contributed by atoms with Gasteiger partial charge in [0.15, 0.2) is 29.3 Å². The van der Waals surface area contributed by atoms with E-state index in [-0.39, 0.29) is 36.1 Å². The lowest BCUT2D eigenvalue weighted by atomic mass is 10.1. The molecular weight excluding hydrogens is 991 g/mol. The number of aromatic nitrogens is 8. The van der Waals surface area contributed by atoms with E-state index in [9.17, 15) is 23.6 Å². The number of nitrogens with two attached hydrogens (primary N) is 3. The van der Waals surface area contributed by atoms with Crippen LogP contribution in [0.4, 0.5) is 11.6 Å². The average Bonchev–Trinajstić information content (AvgIpc) is 3.92. The summed E-state index contributed by atoms with van der Waals surface area (Å²) in [5.41, 5.74) is 17.0. The summed E-state index contributed by atoms with van der Waals surface area (Å²) in [5.74, 6) is 1.47. The van der Waals surface area contributed by atoms with E-state index >= 15 is 0 Å². The average molecular weight is 1060 g/mol. The molecule has 400 valence electrons. The molecular formula is C46H68N12O13P2. The fourth-order valence-corrected chi connectivity index (χ4v) is 9.05. The molecule has 0 spiro atoms. The van der Waals surface area contributed by atoms with E-state index in [0.29, 0.717) is 58.5 Å². The van der Waals surface area contributed by atoms with Crippen molar-refractivity contribution in [2.75, 3.05) is 38.4 Å². The molecule has 0 saturated carbocycles. The first-order chi connectivity index (χ1) is 34.1. The Morgan fingerprint density at radius 2 is 1.03 bits per heavy atom. The van der Waals surface area contributed by atoms with Crippen LogP contribution in [0, 0.1) is 0 Å². The lowest BCUT2D eigenvalue weighted by molar-refractivity contribution is -0.154. The van der Waals surface area contributed by atoms with Gasteiger partial charge in [0.2, 0.25) is 0 Å². The number of esters is 2. The van der Waals surface area contributed by atoms with E-state index in [1.54, 1.807) is 140 Å². The number of hydrogen-bond acceptors (Lipinski definition) is 21. The SMILES string of the molecule is CC(C)OC(=O)C(C)(C)N.COc1ccc(OP(=O)(CO[C@H](C)Cn2cnc3c(N)ncnc32)NC(C)(C)C(=O)OC(C)C)cc1.COc1ccc(OP(=O)(O)CO[C@H](C)Cn2cnc3c(N)ncnc32)cc1. The largest absolute Gasteiger partial charge is 0.497 e. The Morgan fingerprint density at radius 3 is 1.42 bits per heavy atom. The maximum Gasteiger partial charge on any atom is 0.402 e. The highest BCUT2D eigenvalue weighted by Gasteiger charge is 2.40. The summed E-state index contributed by atoms with van der Waals surface area (Å²) in [6.07, 6.45) is 3.87. The van der Waals surface area contributed by atoms with Crippen LogP contribution in [0.5, 0.6) is 23.0 Å². The molecule has 0 radical (unpaired) electrons. The third kappa shape index (κ3) is 18.5. The van der Waals surface area contributed by atoms with E-state index in [0.717, 1.165) is 0 Å². The Kier molecular flexibility index (Phi) is 21.0. The van der Waals surface area contributed by atoms with Gasteiger partial charge in [-0.1, -0.05) is 0 Å². The van der Waals surface area contributed by atoms with Gasteiger partial charge in [0, 0.05) is 0 Å². The molecule has 0 fully saturated rings. The second kappa shape index (κ2) is 26.0. The van der Waals surface area contributed by atoms with Crippen molar-refractivity contribution in [2.24, 2.45) is 5.73 Å². The van der Waals surface area contributed by atoms with Crippen LogP contribution in [-0.4, -0.2) is 118 Å². The summed E-state index contributed by atoms with van der Waals surface area (Å²) in [6, 6.07) is 13.0.